The number of carbonyl (C=O) groups excluding carboxylic acids is 1. The lowest BCUT2D eigenvalue weighted by Gasteiger charge is -2.36. The first-order valence-corrected chi connectivity index (χ1v) is 6.71. The minimum Gasteiger partial charge on any atom is -0.394 e. The van der Waals surface area contributed by atoms with Crippen LogP contribution >= 0.6 is 15.9 Å². The smallest absolute Gasteiger partial charge is 0.255 e. The molecule has 2 unspecified atom stereocenters. The maximum atomic E-state index is 12.4. The molecule has 1 aliphatic heterocycles. The number of aliphatic hydroxyl groups is 1. The maximum absolute atomic E-state index is 12.4. The van der Waals surface area contributed by atoms with Crippen LogP contribution in [-0.4, -0.2) is 47.8 Å². The second kappa shape index (κ2) is 5.82. The SMILES string of the molecule is CC1CN(C(=O)c2ccccc2Br)CC(CO)O1. The van der Waals surface area contributed by atoms with Crippen LogP contribution < -0.4 is 0 Å². The molecule has 1 saturated heterocycles. The zero-order chi connectivity index (χ0) is 13.1. The van der Waals surface area contributed by atoms with Crippen molar-refractivity contribution in [1.82, 2.24) is 4.90 Å². The summed E-state index contributed by atoms with van der Waals surface area (Å²) < 4.78 is 6.31. The average Bonchev–Trinajstić information content (AvgIpc) is 2.37. The van der Waals surface area contributed by atoms with Crippen molar-refractivity contribution in [2.45, 2.75) is 19.1 Å². The van der Waals surface area contributed by atoms with E-state index < -0.39 is 0 Å². The molecule has 0 aliphatic carbocycles. The van der Waals surface area contributed by atoms with Gasteiger partial charge in [0, 0.05) is 17.6 Å². The minimum absolute atomic E-state index is 0.0314. The summed E-state index contributed by atoms with van der Waals surface area (Å²) in [7, 11) is 0. The molecule has 5 heteroatoms. The van der Waals surface area contributed by atoms with Crippen LogP contribution in [0.3, 0.4) is 0 Å². The van der Waals surface area contributed by atoms with E-state index in [1.54, 1.807) is 11.0 Å². The fourth-order valence-corrected chi connectivity index (χ4v) is 2.57. The van der Waals surface area contributed by atoms with E-state index in [0.717, 1.165) is 4.47 Å². The summed E-state index contributed by atoms with van der Waals surface area (Å²) in [4.78, 5) is 14.1. The van der Waals surface area contributed by atoms with Gasteiger partial charge in [0.1, 0.15) is 0 Å². The zero-order valence-electron chi connectivity index (χ0n) is 10.2. The molecule has 1 aromatic carbocycles. The van der Waals surface area contributed by atoms with E-state index in [1.807, 2.05) is 25.1 Å². The Morgan fingerprint density at radius 2 is 2.22 bits per heavy atom. The normalized spacial score (nSPS) is 24.1. The molecule has 0 spiro atoms. The molecule has 2 atom stereocenters. The van der Waals surface area contributed by atoms with Crippen LogP contribution in [0.2, 0.25) is 0 Å². The second-order valence-electron chi connectivity index (χ2n) is 4.44. The van der Waals surface area contributed by atoms with Crippen LogP contribution in [0.1, 0.15) is 17.3 Å². The molecule has 1 N–H and O–H groups in total. The molecule has 98 valence electrons. The Balaban J connectivity index is 2.16. The van der Waals surface area contributed by atoms with Crippen LogP contribution in [0.15, 0.2) is 28.7 Å². The lowest BCUT2D eigenvalue weighted by molar-refractivity contribution is -0.0858. The third kappa shape index (κ3) is 2.91. The molecule has 0 bridgehead atoms. The fourth-order valence-electron chi connectivity index (χ4n) is 2.12. The van der Waals surface area contributed by atoms with E-state index in [9.17, 15) is 4.79 Å². The summed E-state index contributed by atoms with van der Waals surface area (Å²) in [5, 5.41) is 9.16. The highest BCUT2D eigenvalue weighted by Crippen LogP contribution is 2.20. The number of hydrogen-bond donors (Lipinski definition) is 1. The number of halogens is 1. The summed E-state index contributed by atoms with van der Waals surface area (Å²) in [5.74, 6) is -0.0314. The summed E-state index contributed by atoms with van der Waals surface area (Å²) in [6.45, 7) is 2.82. The third-order valence-electron chi connectivity index (χ3n) is 2.92. The van der Waals surface area contributed by atoms with Crippen molar-refractivity contribution in [3.05, 3.63) is 34.3 Å². The molecule has 4 nitrogen and oxygen atoms in total. The van der Waals surface area contributed by atoms with Gasteiger partial charge in [0.2, 0.25) is 0 Å². The van der Waals surface area contributed by atoms with Crippen LogP contribution in [0, 0.1) is 0 Å². The number of ether oxygens (including phenoxy) is 1. The lowest BCUT2D eigenvalue weighted by Crippen LogP contribution is -2.50. The molecular formula is C13H16BrNO3. The molecule has 1 amide bonds. The number of morpholine rings is 1. The first kappa shape index (κ1) is 13.5. The molecule has 0 saturated carbocycles. The number of hydrogen-bond acceptors (Lipinski definition) is 3. The second-order valence-corrected chi connectivity index (χ2v) is 5.30. The molecule has 0 aromatic heterocycles. The van der Waals surface area contributed by atoms with Crippen molar-refractivity contribution in [3.63, 3.8) is 0 Å². The summed E-state index contributed by atoms with van der Waals surface area (Å²) >= 11 is 3.38. The van der Waals surface area contributed by atoms with E-state index in [-0.39, 0.29) is 24.7 Å². The number of benzene rings is 1. The number of carbonyl (C=O) groups is 1. The van der Waals surface area contributed by atoms with Gasteiger partial charge in [-0.15, -0.1) is 0 Å². The van der Waals surface area contributed by atoms with Gasteiger partial charge >= 0.3 is 0 Å². The highest BCUT2D eigenvalue weighted by molar-refractivity contribution is 9.10. The van der Waals surface area contributed by atoms with Gasteiger partial charge in [-0.1, -0.05) is 12.1 Å². The van der Waals surface area contributed by atoms with E-state index in [0.29, 0.717) is 18.7 Å². The van der Waals surface area contributed by atoms with Gasteiger partial charge in [-0.2, -0.15) is 0 Å². The molecule has 2 rings (SSSR count). The van der Waals surface area contributed by atoms with Gasteiger partial charge in [0.25, 0.3) is 5.91 Å². The van der Waals surface area contributed by atoms with Crippen molar-refractivity contribution >= 4 is 21.8 Å². The average molecular weight is 314 g/mol. The summed E-state index contributed by atoms with van der Waals surface area (Å²) in [6, 6.07) is 7.35. The Morgan fingerprint density at radius 1 is 1.50 bits per heavy atom. The van der Waals surface area contributed by atoms with Crippen LogP contribution in [-0.2, 0) is 4.74 Å². The van der Waals surface area contributed by atoms with Crippen LogP contribution in [0.5, 0.6) is 0 Å². The Labute approximate surface area is 115 Å². The standard InChI is InChI=1S/C13H16BrNO3/c1-9-6-15(7-10(8-16)18-9)13(17)11-4-2-3-5-12(11)14/h2-5,9-10,16H,6-8H2,1H3. The quantitative estimate of drug-likeness (QED) is 0.903. The highest BCUT2D eigenvalue weighted by atomic mass is 79.9. The van der Waals surface area contributed by atoms with E-state index >= 15 is 0 Å². The van der Waals surface area contributed by atoms with E-state index in [1.165, 1.54) is 0 Å². The fraction of sp³-hybridized carbons (Fsp3) is 0.462. The lowest BCUT2D eigenvalue weighted by atomic mass is 10.1. The zero-order valence-corrected chi connectivity index (χ0v) is 11.8. The van der Waals surface area contributed by atoms with E-state index in [4.69, 9.17) is 9.84 Å². The number of nitrogens with zero attached hydrogens (tertiary/aromatic N) is 1. The topological polar surface area (TPSA) is 49.8 Å². The van der Waals surface area contributed by atoms with Gasteiger partial charge in [-0.25, -0.2) is 0 Å². The number of amides is 1. The Morgan fingerprint density at radius 3 is 2.89 bits per heavy atom. The largest absolute Gasteiger partial charge is 0.394 e. The van der Waals surface area contributed by atoms with Crippen LogP contribution in [0.25, 0.3) is 0 Å². The molecule has 18 heavy (non-hydrogen) atoms. The molecule has 1 aliphatic rings. The van der Waals surface area contributed by atoms with Gasteiger partial charge in [0.15, 0.2) is 0 Å². The predicted octanol–water partition coefficient (Wildman–Crippen LogP) is 1.67. The number of rotatable bonds is 2. The van der Waals surface area contributed by atoms with Gasteiger partial charge in [-0.05, 0) is 35.0 Å². The maximum Gasteiger partial charge on any atom is 0.255 e. The van der Waals surface area contributed by atoms with Crippen molar-refractivity contribution < 1.29 is 14.6 Å². The first-order valence-electron chi connectivity index (χ1n) is 5.92. The number of aliphatic hydroxyl groups excluding tert-OH is 1. The van der Waals surface area contributed by atoms with Crippen molar-refractivity contribution in [3.8, 4) is 0 Å². The van der Waals surface area contributed by atoms with Gasteiger partial charge in [0.05, 0.1) is 24.4 Å². The molecular weight excluding hydrogens is 298 g/mol. The monoisotopic (exact) mass is 313 g/mol. The molecule has 1 heterocycles. The molecule has 1 aromatic rings. The predicted molar refractivity (Wildman–Crippen MR) is 71.5 cm³/mol. The minimum atomic E-state index is -0.291. The molecule has 0 radical (unpaired) electrons. The highest BCUT2D eigenvalue weighted by Gasteiger charge is 2.29. The molecule has 1 fully saturated rings. The summed E-state index contributed by atoms with van der Waals surface area (Å²) in [6.07, 6.45) is -0.345. The van der Waals surface area contributed by atoms with Gasteiger partial charge in [-0.3, -0.25) is 4.79 Å². The summed E-state index contributed by atoms with van der Waals surface area (Å²) in [5.41, 5.74) is 0.642. The van der Waals surface area contributed by atoms with Gasteiger partial charge < -0.3 is 14.7 Å². The third-order valence-corrected chi connectivity index (χ3v) is 3.61. The first-order chi connectivity index (χ1) is 8.61. The van der Waals surface area contributed by atoms with Crippen molar-refractivity contribution in [1.29, 1.82) is 0 Å². The van der Waals surface area contributed by atoms with Crippen molar-refractivity contribution in [2.24, 2.45) is 0 Å². The van der Waals surface area contributed by atoms with Crippen molar-refractivity contribution in [2.75, 3.05) is 19.7 Å². The Bertz CT molecular complexity index is 438. The van der Waals surface area contributed by atoms with Crippen LogP contribution in [0.4, 0.5) is 0 Å². The van der Waals surface area contributed by atoms with E-state index in [2.05, 4.69) is 15.9 Å². The Kier molecular flexibility index (Phi) is 4.37. The Hall–Kier alpha value is -0.910.